The van der Waals surface area contributed by atoms with Crippen molar-refractivity contribution in [1.29, 1.82) is 0 Å². The predicted octanol–water partition coefficient (Wildman–Crippen LogP) is 4.73. The molecule has 1 nitrogen and oxygen atoms in total. The number of thiophene rings is 2. The van der Waals surface area contributed by atoms with E-state index in [1.54, 1.807) is 11.3 Å². The number of halogens is 1. The van der Waals surface area contributed by atoms with Crippen molar-refractivity contribution >= 4 is 38.6 Å². The molecule has 4 heteroatoms. The Labute approximate surface area is 113 Å². The van der Waals surface area contributed by atoms with Gasteiger partial charge in [0.2, 0.25) is 0 Å². The molecule has 16 heavy (non-hydrogen) atoms. The largest absolute Gasteiger partial charge is 0.305 e. The number of hydrogen-bond acceptors (Lipinski definition) is 3. The van der Waals surface area contributed by atoms with Crippen LogP contribution in [0.25, 0.3) is 0 Å². The third kappa shape index (κ3) is 3.17. The van der Waals surface area contributed by atoms with Gasteiger partial charge in [0.05, 0.1) is 3.79 Å². The smallest absolute Gasteiger partial charge is 0.0701 e. The highest BCUT2D eigenvalue weighted by atomic mass is 79.9. The molecule has 1 atom stereocenters. The van der Waals surface area contributed by atoms with Crippen LogP contribution in [0.5, 0.6) is 0 Å². The summed E-state index contributed by atoms with van der Waals surface area (Å²) in [5.74, 6) is 0. The summed E-state index contributed by atoms with van der Waals surface area (Å²) in [6.45, 7) is 5.31. The molecule has 1 unspecified atom stereocenters. The lowest BCUT2D eigenvalue weighted by Gasteiger charge is -2.10. The standard InChI is InChI=1S/C12H14BrNS2/c1-8-3-5-11(15-8)9(2)14-7-10-4-6-12(13)16-10/h3-6,9,14H,7H2,1-2H3. The van der Waals surface area contributed by atoms with Crippen molar-refractivity contribution in [3.63, 3.8) is 0 Å². The van der Waals surface area contributed by atoms with Crippen molar-refractivity contribution < 1.29 is 0 Å². The first kappa shape index (κ1) is 12.3. The molecular weight excluding hydrogens is 302 g/mol. The Morgan fingerprint density at radius 2 is 2.06 bits per heavy atom. The Bertz CT molecular complexity index is 461. The molecule has 0 saturated carbocycles. The Kier molecular flexibility index (Phi) is 4.19. The molecule has 0 radical (unpaired) electrons. The average molecular weight is 316 g/mol. The Morgan fingerprint density at radius 1 is 1.25 bits per heavy atom. The third-order valence-electron chi connectivity index (χ3n) is 2.40. The number of rotatable bonds is 4. The summed E-state index contributed by atoms with van der Waals surface area (Å²) < 4.78 is 1.20. The summed E-state index contributed by atoms with van der Waals surface area (Å²) in [7, 11) is 0. The molecule has 0 aliphatic rings. The summed E-state index contributed by atoms with van der Waals surface area (Å²) >= 11 is 7.14. The van der Waals surface area contributed by atoms with Crippen LogP contribution in [-0.2, 0) is 6.54 Å². The van der Waals surface area contributed by atoms with E-state index in [1.165, 1.54) is 18.4 Å². The van der Waals surface area contributed by atoms with Crippen LogP contribution in [-0.4, -0.2) is 0 Å². The highest BCUT2D eigenvalue weighted by Gasteiger charge is 2.07. The fourth-order valence-corrected chi connectivity index (χ4v) is 3.83. The lowest BCUT2D eigenvalue weighted by atomic mass is 10.2. The maximum atomic E-state index is 3.54. The van der Waals surface area contributed by atoms with Gasteiger partial charge < -0.3 is 5.32 Å². The second-order valence-corrected chi connectivity index (χ2v) is 7.62. The molecule has 2 heterocycles. The second kappa shape index (κ2) is 5.45. The number of nitrogens with one attached hydrogen (secondary N) is 1. The Morgan fingerprint density at radius 3 is 2.62 bits per heavy atom. The van der Waals surface area contributed by atoms with Crippen molar-refractivity contribution in [3.8, 4) is 0 Å². The number of hydrogen-bond donors (Lipinski definition) is 1. The minimum Gasteiger partial charge on any atom is -0.305 e. The van der Waals surface area contributed by atoms with Gasteiger partial charge in [-0.05, 0) is 54.0 Å². The van der Waals surface area contributed by atoms with E-state index in [9.17, 15) is 0 Å². The van der Waals surface area contributed by atoms with Crippen LogP contribution in [0.2, 0.25) is 0 Å². The molecule has 2 aromatic rings. The fraction of sp³-hybridized carbons (Fsp3) is 0.333. The maximum Gasteiger partial charge on any atom is 0.0701 e. The van der Waals surface area contributed by atoms with E-state index >= 15 is 0 Å². The second-order valence-electron chi connectivity index (χ2n) is 3.76. The molecule has 0 spiro atoms. The van der Waals surface area contributed by atoms with Crippen molar-refractivity contribution in [1.82, 2.24) is 5.32 Å². The molecule has 0 aliphatic heterocycles. The highest BCUT2D eigenvalue weighted by molar-refractivity contribution is 9.11. The third-order valence-corrected chi connectivity index (χ3v) is 5.21. The van der Waals surface area contributed by atoms with Crippen molar-refractivity contribution in [2.45, 2.75) is 26.4 Å². The minimum absolute atomic E-state index is 0.430. The first-order chi connectivity index (χ1) is 7.65. The summed E-state index contributed by atoms with van der Waals surface area (Å²) in [5.41, 5.74) is 0. The summed E-state index contributed by atoms with van der Waals surface area (Å²) in [4.78, 5) is 4.16. The first-order valence-corrected chi connectivity index (χ1v) is 7.61. The summed E-state index contributed by atoms with van der Waals surface area (Å²) in [6, 6.07) is 9.08. The zero-order valence-electron chi connectivity index (χ0n) is 9.29. The van der Waals surface area contributed by atoms with Crippen LogP contribution in [0.3, 0.4) is 0 Å². The average Bonchev–Trinajstić information content (AvgIpc) is 2.84. The van der Waals surface area contributed by atoms with Gasteiger partial charge in [0.25, 0.3) is 0 Å². The minimum atomic E-state index is 0.430. The van der Waals surface area contributed by atoms with Gasteiger partial charge in [-0.1, -0.05) is 0 Å². The van der Waals surface area contributed by atoms with Gasteiger partial charge in [0, 0.05) is 27.2 Å². The quantitative estimate of drug-likeness (QED) is 0.860. The zero-order valence-corrected chi connectivity index (χ0v) is 12.5. The number of aryl methyl sites for hydroxylation is 1. The van der Waals surface area contributed by atoms with Crippen molar-refractivity contribution in [2.75, 3.05) is 0 Å². The van der Waals surface area contributed by atoms with E-state index in [0.29, 0.717) is 6.04 Å². The molecule has 0 fully saturated rings. The topological polar surface area (TPSA) is 12.0 Å². The monoisotopic (exact) mass is 315 g/mol. The SMILES string of the molecule is Cc1ccc(C(C)NCc2ccc(Br)s2)s1. The fourth-order valence-electron chi connectivity index (χ4n) is 1.49. The van der Waals surface area contributed by atoms with Gasteiger partial charge in [-0.25, -0.2) is 0 Å². The molecular formula is C12H14BrNS2. The highest BCUT2D eigenvalue weighted by Crippen LogP contribution is 2.25. The van der Waals surface area contributed by atoms with Crippen molar-refractivity contribution in [2.24, 2.45) is 0 Å². The molecule has 0 aliphatic carbocycles. The van der Waals surface area contributed by atoms with Gasteiger partial charge in [0.1, 0.15) is 0 Å². The molecule has 86 valence electrons. The van der Waals surface area contributed by atoms with Gasteiger partial charge in [-0.3, -0.25) is 0 Å². The normalized spacial score (nSPS) is 12.9. The van der Waals surface area contributed by atoms with Gasteiger partial charge >= 0.3 is 0 Å². The van der Waals surface area contributed by atoms with Gasteiger partial charge in [0.15, 0.2) is 0 Å². The van der Waals surface area contributed by atoms with Crippen LogP contribution in [0.15, 0.2) is 28.1 Å². The molecule has 1 N–H and O–H groups in total. The van der Waals surface area contributed by atoms with Crippen LogP contribution < -0.4 is 5.32 Å². The summed E-state index contributed by atoms with van der Waals surface area (Å²) in [5, 5.41) is 3.54. The van der Waals surface area contributed by atoms with Crippen molar-refractivity contribution in [3.05, 3.63) is 42.7 Å². The van der Waals surface area contributed by atoms with Crippen LogP contribution in [0.1, 0.15) is 27.6 Å². The van der Waals surface area contributed by atoms with E-state index in [4.69, 9.17) is 0 Å². The molecule has 0 bridgehead atoms. The molecule has 0 saturated heterocycles. The van der Waals surface area contributed by atoms with Crippen LogP contribution in [0, 0.1) is 6.92 Å². The van der Waals surface area contributed by atoms with E-state index < -0.39 is 0 Å². The van der Waals surface area contributed by atoms with E-state index in [0.717, 1.165) is 6.54 Å². The van der Waals surface area contributed by atoms with Crippen LogP contribution in [0.4, 0.5) is 0 Å². The van der Waals surface area contributed by atoms with E-state index in [1.807, 2.05) is 11.3 Å². The van der Waals surface area contributed by atoms with Crippen LogP contribution >= 0.6 is 38.6 Å². The predicted molar refractivity (Wildman–Crippen MR) is 76.3 cm³/mol. The Hall–Kier alpha value is -0.160. The lowest BCUT2D eigenvalue weighted by molar-refractivity contribution is 0.587. The summed E-state index contributed by atoms with van der Waals surface area (Å²) in [6.07, 6.45) is 0. The van der Waals surface area contributed by atoms with Gasteiger partial charge in [-0.2, -0.15) is 0 Å². The first-order valence-electron chi connectivity index (χ1n) is 5.19. The Balaban J connectivity index is 1.91. The van der Waals surface area contributed by atoms with Gasteiger partial charge in [-0.15, -0.1) is 22.7 Å². The van der Waals surface area contributed by atoms with E-state index in [2.05, 4.69) is 59.4 Å². The molecule has 0 amide bonds. The zero-order chi connectivity index (χ0) is 11.5. The molecule has 2 rings (SSSR count). The molecule has 0 aromatic carbocycles. The lowest BCUT2D eigenvalue weighted by Crippen LogP contribution is -2.16. The molecule has 2 aromatic heterocycles. The maximum absolute atomic E-state index is 3.54. The van der Waals surface area contributed by atoms with E-state index in [-0.39, 0.29) is 0 Å².